The number of hydrazone groups is 1. The minimum atomic E-state index is -0.870. The van der Waals surface area contributed by atoms with E-state index < -0.39 is 11.8 Å². The number of carbonyl (C=O) groups is 3. The highest BCUT2D eigenvalue weighted by Gasteiger charge is 2.16. The van der Waals surface area contributed by atoms with E-state index in [2.05, 4.69) is 21.2 Å². The topological polar surface area (TPSA) is 118 Å². The molecule has 0 radical (unpaired) electrons. The molecular weight excluding hydrogens is 448 g/mol. The molecule has 0 unspecified atom stereocenters. The van der Waals surface area contributed by atoms with Gasteiger partial charge in [0.2, 0.25) is 0 Å². The van der Waals surface area contributed by atoms with E-state index in [1.165, 1.54) is 13.3 Å². The number of ether oxygens (including phenoxy) is 2. The smallest absolute Gasteiger partial charge is 0.329 e. The van der Waals surface area contributed by atoms with Gasteiger partial charge in [-0.2, -0.15) is 5.10 Å². The quantitative estimate of drug-likeness (QED) is 0.250. The molecule has 9 nitrogen and oxygen atoms in total. The highest BCUT2D eigenvalue weighted by molar-refractivity contribution is 6.35. The van der Waals surface area contributed by atoms with E-state index in [4.69, 9.17) is 9.47 Å². The lowest BCUT2D eigenvalue weighted by atomic mass is 10.1. The van der Waals surface area contributed by atoms with Crippen LogP contribution in [0.3, 0.4) is 0 Å². The van der Waals surface area contributed by atoms with Gasteiger partial charge in [0.05, 0.1) is 25.1 Å². The van der Waals surface area contributed by atoms with Crippen LogP contribution in [0.2, 0.25) is 0 Å². The van der Waals surface area contributed by atoms with E-state index in [1.807, 2.05) is 36.4 Å². The third-order valence-electron chi connectivity index (χ3n) is 4.86. The van der Waals surface area contributed by atoms with Crippen molar-refractivity contribution in [3.8, 4) is 11.5 Å². The molecule has 0 saturated heterocycles. The molecule has 0 spiro atoms. The van der Waals surface area contributed by atoms with Crippen LogP contribution in [0.25, 0.3) is 0 Å². The fourth-order valence-corrected chi connectivity index (χ4v) is 3.04. The van der Waals surface area contributed by atoms with Crippen molar-refractivity contribution in [2.75, 3.05) is 19.0 Å². The molecule has 3 rings (SSSR count). The van der Waals surface area contributed by atoms with Gasteiger partial charge in [-0.3, -0.25) is 14.4 Å². The van der Waals surface area contributed by atoms with Crippen LogP contribution in [0.4, 0.5) is 5.69 Å². The fourth-order valence-electron chi connectivity index (χ4n) is 3.04. The second kappa shape index (κ2) is 12.5. The van der Waals surface area contributed by atoms with Gasteiger partial charge < -0.3 is 20.1 Å². The Balaban J connectivity index is 1.43. The van der Waals surface area contributed by atoms with E-state index in [9.17, 15) is 14.4 Å². The Morgan fingerprint density at radius 1 is 0.914 bits per heavy atom. The maximum atomic E-state index is 12.1. The van der Waals surface area contributed by atoms with Crippen LogP contribution in [-0.4, -0.2) is 37.7 Å². The van der Waals surface area contributed by atoms with Crippen LogP contribution in [0, 0.1) is 0 Å². The van der Waals surface area contributed by atoms with E-state index in [0.29, 0.717) is 22.7 Å². The van der Waals surface area contributed by atoms with Gasteiger partial charge in [-0.25, -0.2) is 5.43 Å². The lowest BCUT2D eigenvalue weighted by molar-refractivity contribution is -0.139. The molecule has 3 amide bonds. The number of rotatable bonds is 9. The average molecular weight is 475 g/mol. The molecule has 9 heteroatoms. The number of hydrogen-bond donors (Lipinski definition) is 3. The highest BCUT2D eigenvalue weighted by atomic mass is 16.5. The lowest BCUT2D eigenvalue weighted by Crippen LogP contribution is -2.39. The molecular formula is C26H26N4O5. The van der Waals surface area contributed by atoms with Crippen molar-refractivity contribution < 1.29 is 23.9 Å². The normalized spacial score (nSPS) is 11.4. The summed E-state index contributed by atoms with van der Waals surface area (Å²) in [5.74, 6) is -0.947. The minimum Gasteiger partial charge on any atom is -0.495 e. The summed E-state index contributed by atoms with van der Waals surface area (Å²) < 4.78 is 10.7. The Hall–Kier alpha value is -4.66. The summed E-state index contributed by atoms with van der Waals surface area (Å²) in [7, 11) is 1.53. The Morgan fingerprint density at radius 2 is 1.60 bits per heavy atom. The summed E-state index contributed by atoms with van der Waals surface area (Å²) in [6, 6.07) is 22.8. The van der Waals surface area contributed by atoms with Crippen molar-refractivity contribution in [2.45, 2.75) is 13.0 Å². The monoisotopic (exact) mass is 474 g/mol. The van der Waals surface area contributed by atoms with Gasteiger partial charge in [-0.1, -0.05) is 42.5 Å². The van der Waals surface area contributed by atoms with Gasteiger partial charge in [0.25, 0.3) is 5.91 Å². The molecule has 0 saturated carbocycles. The number of nitrogens with zero attached hydrogens (tertiary/aromatic N) is 1. The SMILES string of the molecule is COc1ccccc1NC(=O)COc1ccc(/C=N\NC(=O)C(=O)N[C@H](C)c2ccccc2)cc1. The Labute approximate surface area is 203 Å². The third-order valence-corrected chi connectivity index (χ3v) is 4.86. The van der Waals surface area contributed by atoms with Crippen LogP contribution in [0.5, 0.6) is 11.5 Å². The zero-order valence-corrected chi connectivity index (χ0v) is 19.4. The highest BCUT2D eigenvalue weighted by Crippen LogP contribution is 2.23. The van der Waals surface area contributed by atoms with Crippen LogP contribution >= 0.6 is 0 Å². The Morgan fingerprint density at radius 3 is 2.31 bits per heavy atom. The van der Waals surface area contributed by atoms with Crippen molar-refractivity contribution in [1.29, 1.82) is 0 Å². The van der Waals surface area contributed by atoms with Gasteiger partial charge in [0.15, 0.2) is 6.61 Å². The number of hydrogen-bond acceptors (Lipinski definition) is 6. The van der Waals surface area contributed by atoms with Gasteiger partial charge in [-0.15, -0.1) is 0 Å². The summed E-state index contributed by atoms with van der Waals surface area (Å²) in [6.45, 7) is 1.60. The van der Waals surface area contributed by atoms with E-state index in [1.54, 1.807) is 49.4 Å². The van der Waals surface area contributed by atoms with Crippen LogP contribution in [-0.2, 0) is 14.4 Å². The molecule has 0 aromatic heterocycles. The largest absolute Gasteiger partial charge is 0.495 e. The number of carbonyl (C=O) groups excluding carboxylic acids is 3. The molecule has 0 heterocycles. The summed E-state index contributed by atoms with van der Waals surface area (Å²) in [5, 5.41) is 9.15. The molecule has 3 aromatic rings. The number of amides is 3. The lowest BCUT2D eigenvalue weighted by Gasteiger charge is -2.13. The van der Waals surface area contributed by atoms with E-state index >= 15 is 0 Å². The number of benzene rings is 3. The molecule has 3 N–H and O–H groups in total. The van der Waals surface area contributed by atoms with Gasteiger partial charge in [-0.05, 0) is 54.4 Å². The number of anilines is 1. The molecule has 0 bridgehead atoms. The first kappa shape index (κ1) is 25.0. The number of para-hydroxylation sites is 2. The fraction of sp³-hybridized carbons (Fsp3) is 0.154. The second-order valence-corrected chi connectivity index (χ2v) is 7.41. The first-order valence-corrected chi connectivity index (χ1v) is 10.8. The van der Waals surface area contributed by atoms with E-state index in [-0.39, 0.29) is 18.6 Å². The van der Waals surface area contributed by atoms with Crippen molar-refractivity contribution in [1.82, 2.24) is 10.7 Å². The maximum Gasteiger partial charge on any atom is 0.329 e. The Kier molecular flexibility index (Phi) is 8.95. The number of methoxy groups -OCH3 is 1. The van der Waals surface area contributed by atoms with Crippen molar-refractivity contribution in [3.63, 3.8) is 0 Å². The predicted octanol–water partition coefficient (Wildman–Crippen LogP) is 3.04. The van der Waals surface area contributed by atoms with Crippen molar-refractivity contribution >= 4 is 29.6 Å². The molecule has 0 aliphatic heterocycles. The summed E-state index contributed by atoms with van der Waals surface area (Å²) >= 11 is 0. The zero-order chi connectivity index (χ0) is 25.0. The number of nitrogens with one attached hydrogen (secondary N) is 3. The molecule has 0 fully saturated rings. The first-order chi connectivity index (χ1) is 17.0. The second-order valence-electron chi connectivity index (χ2n) is 7.41. The van der Waals surface area contributed by atoms with Gasteiger partial charge in [0, 0.05) is 0 Å². The molecule has 3 aromatic carbocycles. The predicted molar refractivity (Wildman–Crippen MR) is 132 cm³/mol. The van der Waals surface area contributed by atoms with Crippen LogP contribution in [0.1, 0.15) is 24.1 Å². The minimum absolute atomic E-state index is 0.182. The summed E-state index contributed by atoms with van der Waals surface area (Å²) in [4.78, 5) is 36.2. The van der Waals surface area contributed by atoms with Crippen molar-refractivity contribution in [3.05, 3.63) is 90.0 Å². The van der Waals surface area contributed by atoms with E-state index in [0.717, 1.165) is 5.56 Å². The molecule has 180 valence electrons. The molecule has 35 heavy (non-hydrogen) atoms. The average Bonchev–Trinajstić information content (AvgIpc) is 2.89. The Bertz CT molecular complexity index is 1180. The molecule has 1 atom stereocenters. The summed E-state index contributed by atoms with van der Waals surface area (Å²) in [6.07, 6.45) is 1.39. The third kappa shape index (κ3) is 7.71. The van der Waals surface area contributed by atoms with Crippen LogP contribution < -0.4 is 25.5 Å². The zero-order valence-electron chi connectivity index (χ0n) is 19.4. The maximum absolute atomic E-state index is 12.1. The van der Waals surface area contributed by atoms with Gasteiger partial charge in [0.1, 0.15) is 11.5 Å². The molecule has 0 aliphatic rings. The first-order valence-electron chi connectivity index (χ1n) is 10.8. The van der Waals surface area contributed by atoms with Crippen molar-refractivity contribution in [2.24, 2.45) is 5.10 Å². The standard InChI is InChI=1S/C26H26N4O5/c1-18(20-8-4-3-5-9-20)28-25(32)26(33)30-27-16-19-12-14-21(15-13-19)35-17-24(31)29-22-10-6-7-11-23(22)34-2/h3-16,18H,17H2,1-2H3,(H,28,32)(H,29,31)(H,30,33)/b27-16-/t18-/m1/s1. The van der Waals surface area contributed by atoms with Gasteiger partial charge >= 0.3 is 11.8 Å². The van der Waals surface area contributed by atoms with Crippen LogP contribution in [0.15, 0.2) is 84.0 Å². The summed E-state index contributed by atoms with van der Waals surface area (Å²) in [5.41, 5.74) is 4.30. The molecule has 0 aliphatic carbocycles.